The fourth-order valence-electron chi connectivity index (χ4n) is 1.04. The molecule has 1 aromatic rings. The Hall–Kier alpha value is -0.980. The van der Waals surface area contributed by atoms with Crippen molar-refractivity contribution in [3.63, 3.8) is 0 Å². The Kier molecular flexibility index (Phi) is 4.67. The molecular formula is C9H15N3O2S. The van der Waals surface area contributed by atoms with Gasteiger partial charge >= 0.3 is 0 Å². The third kappa shape index (κ3) is 4.87. The number of pyridine rings is 1. The molecule has 1 rings (SSSR count). The van der Waals surface area contributed by atoms with E-state index in [0.29, 0.717) is 13.1 Å². The van der Waals surface area contributed by atoms with Gasteiger partial charge in [0.15, 0.2) is 0 Å². The summed E-state index contributed by atoms with van der Waals surface area (Å²) in [4.78, 5) is 3.89. The van der Waals surface area contributed by atoms with Crippen LogP contribution < -0.4 is 10.0 Å². The number of aromatic nitrogens is 1. The highest BCUT2D eigenvalue weighted by Gasteiger charge is 2.04. The zero-order valence-electron chi connectivity index (χ0n) is 8.60. The first kappa shape index (κ1) is 12.1. The number of sulfonamides is 1. The van der Waals surface area contributed by atoms with Crippen LogP contribution in [0.1, 0.15) is 5.56 Å². The first-order valence-electron chi connectivity index (χ1n) is 4.65. The predicted molar refractivity (Wildman–Crippen MR) is 58.8 cm³/mol. The molecule has 0 fully saturated rings. The van der Waals surface area contributed by atoms with Crippen LogP contribution in [0.5, 0.6) is 0 Å². The molecule has 0 aromatic carbocycles. The summed E-state index contributed by atoms with van der Waals surface area (Å²) in [6.07, 6.45) is 3.42. The maximum atomic E-state index is 11.0. The second kappa shape index (κ2) is 5.79. The van der Waals surface area contributed by atoms with Crippen molar-refractivity contribution in [3.8, 4) is 0 Å². The molecule has 0 aliphatic heterocycles. The van der Waals surface area contributed by atoms with Gasteiger partial charge in [-0.25, -0.2) is 13.1 Å². The number of hydrogen-bond acceptors (Lipinski definition) is 4. The van der Waals surface area contributed by atoms with Gasteiger partial charge in [-0.05, 0) is 24.7 Å². The normalized spacial score (nSPS) is 11.5. The monoisotopic (exact) mass is 229 g/mol. The van der Waals surface area contributed by atoms with E-state index in [-0.39, 0.29) is 5.75 Å². The highest BCUT2D eigenvalue weighted by Crippen LogP contribution is 1.94. The average molecular weight is 229 g/mol. The lowest BCUT2D eigenvalue weighted by Crippen LogP contribution is -2.29. The lowest BCUT2D eigenvalue weighted by Gasteiger charge is -2.04. The Labute approximate surface area is 90.0 Å². The molecule has 84 valence electrons. The van der Waals surface area contributed by atoms with Crippen LogP contribution >= 0.6 is 0 Å². The summed E-state index contributed by atoms with van der Waals surface area (Å²) in [5, 5.41) is 3.05. The highest BCUT2D eigenvalue weighted by atomic mass is 32.2. The minimum Gasteiger partial charge on any atom is -0.312 e. The third-order valence-electron chi connectivity index (χ3n) is 1.94. The van der Waals surface area contributed by atoms with Crippen molar-refractivity contribution in [2.24, 2.45) is 0 Å². The van der Waals surface area contributed by atoms with Crippen molar-refractivity contribution < 1.29 is 8.42 Å². The van der Waals surface area contributed by atoms with Crippen molar-refractivity contribution in [1.29, 1.82) is 0 Å². The molecule has 2 N–H and O–H groups in total. The van der Waals surface area contributed by atoms with Crippen LogP contribution in [-0.2, 0) is 16.6 Å². The van der Waals surface area contributed by atoms with Gasteiger partial charge in [0.2, 0.25) is 10.0 Å². The van der Waals surface area contributed by atoms with E-state index in [1.165, 1.54) is 7.05 Å². The standard InChI is InChI=1S/C9H15N3O2S/c1-10-15(13,14)7-6-12-8-9-2-4-11-5-3-9/h2-5,10,12H,6-8H2,1H3. The van der Waals surface area contributed by atoms with Gasteiger partial charge in [-0.2, -0.15) is 0 Å². The van der Waals surface area contributed by atoms with Gasteiger partial charge in [0.05, 0.1) is 5.75 Å². The summed E-state index contributed by atoms with van der Waals surface area (Å²) in [5.74, 6) is 0.0918. The summed E-state index contributed by atoms with van der Waals surface area (Å²) in [7, 11) is -1.68. The van der Waals surface area contributed by atoms with Crippen molar-refractivity contribution in [2.75, 3.05) is 19.3 Å². The molecule has 0 amide bonds. The first-order chi connectivity index (χ1) is 7.14. The molecule has 0 unspecified atom stereocenters. The molecule has 0 atom stereocenters. The van der Waals surface area contributed by atoms with Gasteiger partial charge in [0, 0.05) is 25.5 Å². The van der Waals surface area contributed by atoms with E-state index in [1.54, 1.807) is 12.4 Å². The molecule has 0 aliphatic rings. The SMILES string of the molecule is CNS(=O)(=O)CCNCc1ccncc1. The third-order valence-corrected chi connectivity index (χ3v) is 3.30. The molecule has 1 heterocycles. The van der Waals surface area contributed by atoms with Crippen molar-refractivity contribution in [1.82, 2.24) is 15.0 Å². The van der Waals surface area contributed by atoms with Crippen LogP contribution in [0.4, 0.5) is 0 Å². The molecule has 15 heavy (non-hydrogen) atoms. The maximum absolute atomic E-state index is 11.0. The van der Waals surface area contributed by atoms with E-state index in [2.05, 4.69) is 15.0 Å². The summed E-state index contributed by atoms with van der Waals surface area (Å²) in [5.41, 5.74) is 1.09. The average Bonchev–Trinajstić information content (AvgIpc) is 2.26. The predicted octanol–water partition coefficient (Wildman–Crippen LogP) is -0.280. The van der Waals surface area contributed by atoms with Crippen LogP contribution in [0, 0.1) is 0 Å². The smallest absolute Gasteiger partial charge is 0.212 e. The maximum Gasteiger partial charge on any atom is 0.212 e. The Morgan fingerprint density at radius 1 is 1.33 bits per heavy atom. The van der Waals surface area contributed by atoms with Crippen LogP contribution in [0.2, 0.25) is 0 Å². The van der Waals surface area contributed by atoms with Crippen LogP contribution in [-0.4, -0.2) is 32.7 Å². The number of rotatable bonds is 6. The zero-order chi connectivity index (χ0) is 11.1. The minimum absolute atomic E-state index is 0.0918. The molecule has 0 radical (unpaired) electrons. The highest BCUT2D eigenvalue weighted by molar-refractivity contribution is 7.89. The Morgan fingerprint density at radius 3 is 2.60 bits per heavy atom. The molecular weight excluding hydrogens is 214 g/mol. The van der Waals surface area contributed by atoms with Gasteiger partial charge in [-0.15, -0.1) is 0 Å². The second-order valence-corrected chi connectivity index (χ2v) is 5.10. The Balaban J connectivity index is 2.24. The summed E-state index contributed by atoms with van der Waals surface area (Å²) >= 11 is 0. The van der Waals surface area contributed by atoms with Crippen molar-refractivity contribution in [2.45, 2.75) is 6.54 Å². The van der Waals surface area contributed by atoms with E-state index in [9.17, 15) is 8.42 Å². The largest absolute Gasteiger partial charge is 0.312 e. The lowest BCUT2D eigenvalue weighted by molar-refractivity contribution is 0.583. The molecule has 6 heteroatoms. The molecule has 0 spiro atoms. The van der Waals surface area contributed by atoms with Crippen LogP contribution in [0.25, 0.3) is 0 Å². The zero-order valence-corrected chi connectivity index (χ0v) is 9.42. The van der Waals surface area contributed by atoms with Crippen LogP contribution in [0.3, 0.4) is 0 Å². The minimum atomic E-state index is -3.10. The van der Waals surface area contributed by atoms with E-state index in [4.69, 9.17) is 0 Å². The molecule has 0 aliphatic carbocycles. The topological polar surface area (TPSA) is 71.1 Å². The molecule has 0 saturated carbocycles. The van der Waals surface area contributed by atoms with E-state index < -0.39 is 10.0 Å². The Bertz CT molecular complexity index is 378. The summed E-state index contributed by atoms with van der Waals surface area (Å²) in [6, 6.07) is 3.78. The number of nitrogens with one attached hydrogen (secondary N) is 2. The lowest BCUT2D eigenvalue weighted by atomic mass is 10.3. The van der Waals surface area contributed by atoms with Gasteiger partial charge in [0.25, 0.3) is 0 Å². The Morgan fingerprint density at radius 2 is 2.00 bits per heavy atom. The van der Waals surface area contributed by atoms with Crippen molar-refractivity contribution >= 4 is 10.0 Å². The van der Waals surface area contributed by atoms with Gasteiger partial charge in [-0.1, -0.05) is 0 Å². The summed E-state index contributed by atoms with van der Waals surface area (Å²) in [6.45, 7) is 1.09. The fraction of sp³-hybridized carbons (Fsp3) is 0.444. The number of hydrogen-bond donors (Lipinski definition) is 2. The molecule has 1 aromatic heterocycles. The second-order valence-electron chi connectivity index (χ2n) is 3.06. The number of nitrogens with zero attached hydrogens (tertiary/aromatic N) is 1. The van der Waals surface area contributed by atoms with Gasteiger partial charge in [-0.3, -0.25) is 4.98 Å². The van der Waals surface area contributed by atoms with Crippen LogP contribution in [0.15, 0.2) is 24.5 Å². The quantitative estimate of drug-likeness (QED) is 0.658. The molecule has 0 bridgehead atoms. The van der Waals surface area contributed by atoms with Gasteiger partial charge in [0.1, 0.15) is 0 Å². The van der Waals surface area contributed by atoms with E-state index >= 15 is 0 Å². The van der Waals surface area contributed by atoms with E-state index in [0.717, 1.165) is 5.56 Å². The van der Waals surface area contributed by atoms with Crippen molar-refractivity contribution in [3.05, 3.63) is 30.1 Å². The van der Waals surface area contributed by atoms with Gasteiger partial charge < -0.3 is 5.32 Å². The summed E-state index contributed by atoms with van der Waals surface area (Å²) < 4.78 is 24.4. The fourth-order valence-corrected chi connectivity index (χ4v) is 1.66. The molecule has 0 saturated heterocycles. The molecule has 5 nitrogen and oxygen atoms in total. The van der Waals surface area contributed by atoms with E-state index in [1.807, 2.05) is 12.1 Å². The first-order valence-corrected chi connectivity index (χ1v) is 6.30.